The summed E-state index contributed by atoms with van der Waals surface area (Å²) in [7, 11) is 1.69. The molecule has 2 atom stereocenters. The van der Waals surface area contributed by atoms with Crippen LogP contribution >= 0.6 is 0 Å². The van der Waals surface area contributed by atoms with Crippen LogP contribution in [0.25, 0.3) is 0 Å². The summed E-state index contributed by atoms with van der Waals surface area (Å²) in [5, 5.41) is 4.70. The van der Waals surface area contributed by atoms with Gasteiger partial charge in [0.15, 0.2) is 11.5 Å². The van der Waals surface area contributed by atoms with Gasteiger partial charge in [-0.1, -0.05) is 66.2 Å². The van der Waals surface area contributed by atoms with Crippen LogP contribution in [0.1, 0.15) is 34.7 Å². The Balaban J connectivity index is 1.31. The van der Waals surface area contributed by atoms with Gasteiger partial charge in [-0.3, -0.25) is 4.90 Å². The second-order valence-corrected chi connectivity index (χ2v) is 8.97. The van der Waals surface area contributed by atoms with Crippen LogP contribution < -0.4 is 14.9 Å². The van der Waals surface area contributed by atoms with Gasteiger partial charge >= 0.3 is 0 Å². The third-order valence-corrected chi connectivity index (χ3v) is 6.63. The monoisotopic (exact) mass is 441 g/mol. The number of likely N-dealkylation sites (tertiary alicyclic amines) is 1. The van der Waals surface area contributed by atoms with Crippen LogP contribution in [0.4, 0.5) is 0 Å². The molecule has 170 valence electrons. The van der Waals surface area contributed by atoms with E-state index in [1.54, 1.807) is 7.11 Å². The van der Waals surface area contributed by atoms with E-state index in [1.807, 2.05) is 6.07 Å². The van der Waals surface area contributed by atoms with Crippen LogP contribution in [0, 0.1) is 12.8 Å². The number of hydrogen-bond donors (Lipinski definition) is 1. The predicted octanol–water partition coefficient (Wildman–Crippen LogP) is 5.11. The van der Waals surface area contributed by atoms with Crippen LogP contribution in [0.5, 0.6) is 11.5 Å². The first-order valence-corrected chi connectivity index (χ1v) is 11.6. The molecule has 2 unspecified atom stereocenters. The standard InChI is InChI=1S/C28H31N3O2/c1-20-8-10-22(11-9-20)19-33-27-16-23(12-13-26(27)32-2)28-24-18-31(15-14-25(24)29-30-28)17-21-6-4-3-5-7-21/h3-13,16,24,28,30H,14-15,17-19H2,1-2H3. The van der Waals surface area contributed by atoms with E-state index in [1.165, 1.54) is 22.4 Å². The highest BCUT2D eigenvalue weighted by Crippen LogP contribution is 2.37. The lowest BCUT2D eigenvalue weighted by Gasteiger charge is -2.33. The summed E-state index contributed by atoms with van der Waals surface area (Å²) in [5.41, 5.74) is 9.61. The van der Waals surface area contributed by atoms with Gasteiger partial charge in [0.1, 0.15) is 6.61 Å². The molecule has 1 saturated heterocycles. The minimum Gasteiger partial charge on any atom is -0.493 e. The van der Waals surface area contributed by atoms with Crippen molar-refractivity contribution in [2.45, 2.75) is 32.5 Å². The molecule has 0 radical (unpaired) electrons. The number of aryl methyl sites for hydroxylation is 1. The van der Waals surface area contributed by atoms with E-state index >= 15 is 0 Å². The molecule has 5 nitrogen and oxygen atoms in total. The van der Waals surface area contributed by atoms with Gasteiger partial charge in [0.2, 0.25) is 0 Å². The van der Waals surface area contributed by atoms with Crippen molar-refractivity contribution in [3.63, 3.8) is 0 Å². The van der Waals surface area contributed by atoms with Gasteiger partial charge in [-0.15, -0.1) is 0 Å². The van der Waals surface area contributed by atoms with E-state index in [0.717, 1.165) is 43.1 Å². The highest BCUT2D eigenvalue weighted by molar-refractivity contribution is 5.90. The molecule has 5 heteroatoms. The third kappa shape index (κ3) is 4.88. The van der Waals surface area contributed by atoms with E-state index in [0.29, 0.717) is 12.5 Å². The summed E-state index contributed by atoms with van der Waals surface area (Å²) in [6.45, 7) is 5.62. The first-order valence-electron chi connectivity index (χ1n) is 11.6. The SMILES string of the molecule is COc1ccc(C2NN=C3CCN(Cc4ccccc4)CC32)cc1OCc1ccc(C)cc1. The van der Waals surface area contributed by atoms with Gasteiger partial charge in [-0.05, 0) is 35.7 Å². The molecule has 2 heterocycles. The van der Waals surface area contributed by atoms with Crippen molar-refractivity contribution in [3.8, 4) is 11.5 Å². The number of benzene rings is 3. The summed E-state index contributed by atoms with van der Waals surface area (Å²) < 4.78 is 11.8. The van der Waals surface area contributed by atoms with E-state index in [4.69, 9.17) is 14.6 Å². The van der Waals surface area contributed by atoms with Crippen molar-refractivity contribution in [1.82, 2.24) is 10.3 Å². The molecular weight excluding hydrogens is 410 g/mol. The Hall–Kier alpha value is -3.31. The van der Waals surface area contributed by atoms with Gasteiger partial charge in [-0.25, -0.2) is 0 Å². The molecule has 0 amide bonds. The van der Waals surface area contributed by atoms with Crippen LogP contribution in [-0.4, -0.2) is 30.8 Å². The van der Waals surface area contributed by atoms with Crippen LogP contribution in [0.3, 0.4) is 0 Å². The Kier molecular flexibility index (Phi) is 6.31. The normalized spacial score (nSPS) is 20.0. The average molecular weight is 442 g/mol. The molecule has 0 aromatic heterocycles. The lowest BCUT2D eigenvalue weighted by molar-refractivity contribution is 0.220. The number of ether oxygens (including phenoxy) is 2. The van der Waals surface area contributed by atoms with Gasteiger partial charge < -0.3 is 14.9 Å². The number of rotatable bonds is 7. The van der Waals surface area contributed by atoms with Gasteiger partial charge in [0.05, 0.1) is 13.2 Å². The lowest BCUT2D eigenvalue weighted by Crippen LogP contribution is -2.41. The van der Waals surface area contributed by atoms with Crippen molar-refractivity contribution in [3.05, 3.63) is 95.1 Å². The quantitative estimate of drug-likeness (QED) is 0.554. The Labute approximate surface area is 196 Å². The van der Waals surface area contributed by atoms with Gasteiger partial charge in [0.25, 0.3) is 0 Å². The highest BCUT2D eigenvalue weighted by Gasteiger charge is 2.37. The van der Waals surface area contributed by atoms with E-state index in [2.05, 4.69) is 84.0 Å². The summed E-state index contributed by atoms with van der Waals surface area (Å²) in [5.74, 6) is 1.88. The van der Waals surface area contributed by atoms with Crippen molar-refractivity contribution in [2.24, 2.45) is 11.0 Å². The number of fused-ring (bicyclic) bond motifs is 1. The molecule has 5 rings (SSSR count). The first kappa shape index (κ1) is 21.5. The van der Waals surface area contributed by atoms with Crippen molar-refractivity contribution >= 4 is 5.71 Å². The molecule has 0 spiro atoms. The topological polar surface area (TPSA) is 46.1 Å². The Morgan fingerprint density at radius 3 is 2.58 bits per heavy atom. The molecule has 3 aromatic rings. The fourth-order valence-corrected chi connectivity index (χ4v) is 4.75. The van der Waals surface area contributed by atoms with Crippen molar-refractivity contribution in [1.29, 1.82) is 0 Å². The molecule has 2 aliphatic heterocycles. The first-order chi connectivity index (χ1) is 16.2. The zero-order valence-electron chi connectivity index (χ0n) is 19.3. The molecule has 33 heavy (non-hydrogen) atoms. The molecule has 1 N–H and O–H groups in total. The maximum absolute atomic E-state index is 6.19. The second kappa shape index (κ2) is 9.67. The molecule has 0 aliphatic carbocycles. The Morgan fingerprint density at radius 1 is 0.970 bits per heavy atom. The zero-order chi connectivity index (χ0) is 22.6. The molecular formula is C28H31N3O2. The third-order valence-electron chi connectivity index (χ3n) is 6.63. The number of nitrogens with one attached hydrogen (secondary N) is 1. The number of hydrogen-bond acceptors (Lipinski definition) is 5. The maximum atomic E-state index is 6.19. The molecule has 0 saturated carbocycles. The zero-order valence-corrected chi connectivity index (χ0v) is 19.3. The number of hydrazone groups is 1. The number of piperidine rings is 1. The van der Waals surface area contributed by atoms with Crippen molar-refractivity contribution in [2.75, 3.05) is 20.2 Å². The minimum absolute atomic E-state index is 0.145. The van der Waals surface area contributed by atoms with Crippen LogP contribution in [0.15, 0.2) is 77.9 Å². The van der Waals surface area contributed by atoms with E-state index in [-0.39, 0.29) is 6.04 Å². The summed E-state index contributed by atoms with van der Waals surface area (Å²) >= 11 is 0. The van der Waals surface area contributed by atoms with Crippen molar-refractivity contribution < 1.29 is 9.47 Å². The fourth-order valence-electron chi connectivity index (χ4n) is 4.75. The Morgan fingerprint density at radius 2 is 1.79 bits per heavy atom. The maximum Gasteiger partial charge on any atom is 0.162 e. The lowest BCUT2D eigenvalue weighted by atomic mass is 9.86. The second-order valence-electron chi connectivity index (χ2n) is 8.97. The number of nitrogens with zero attached hydrogens (tertiary/aromatic N) is 2. The summed E-state index contributed by atoms with van der Waals surface area (Å²) in [6.07, 6.45) is 1.01. The highest BCUT2D eigenvalue weighted by atomic mass is 16.5. The smallest absolute Gasteiger partial charge is 0.162 e. The number of methoxy groups -OCH3 is 1. The Bertz CT molecular complexity index is 1110. The van der Waals surface area contributed by atoms with E-state index < -0.39 is 0 Å². The molecule has 0 bridgehead atoms. The predicted molar refractivity (Wildman–Crippen MR) is 132 cm³/mol. The van der Waals surface area contributed by atoms with Gasteiger partial charge in [-0.2, -0.15) is 5.10 Å². The van der Waals surface area contributed by atoms with E-state index in [9.17, 15) is 0 Å². The minimum atomic E-state index is 0.145. The summed E-state index contributed by atoms with van der Waals surface area (Å²) in [4.78, 5) is 2.54. The largest absolute Gasteiger partial charge is 0.493 e. The molecule has 3 aromatic carbocycles. The molecule has 1 fully saturated rings. The van der Waals surface area contributed by atoms with Crippen LogP contribution in [0.2, 0.25) is 0 Å². The van der Waals surface area contributed by atoms with Crippen LogP contribution in [-0.2, 0) is 13.2 Å². The fraction of sp³-hybridized carbons (Fsp3) is 0.321. The summed E-state index contributed by atoms with van der Waals surface area (Å²) in [6, 6.07) is 25.5. The average Bonchev–Trinajstić information content (AvgIpc) is 3.27. The van der Waals surface area contributed by atoms with Gasteiger partial charge in [0, 0.05) is 37.7 Å². The molecule has 2 aliphatic rings.